The van der Waals surface area contributed by atoms with Crippen LogP contribution in [0.25, 0.3) is 10.9 Å². The van der Waals surface area contributed by atoms with Gasteiger partial charge in [-0.1, -0.05) is 35.3 Å². The number of benzene rings is 1. The van der Waals surface area contributed by atoms with Crippen LogP contribution in [-0.4, -0.2) is 36.1 Å². The number of hydrogen-bond acceptors (Lipinski definition) is 3. The number of thiophene rings is 1. The van der Waals surface area contributed by atoms with Gasteiger partial charge in [-0.3, -0.25) is 4.90 Å². The minimum absolute atomic E-state index is 0.369. The smallest absolute Gasteiger partial charge is 0.0976 e. The highest BCUT2D eigenvalue weighted by Crippen LogP contribution is 2.31. The summed E-state index contributed by atoms with van der Waals surface area (Å²) in [7, 11) is 0. The van der Waals surface area contributed by atoms with Gasteiger partial charge in [-0.05, 0) is 41.1 Å². The fourth-order valence-electron chi connectivity index (χ4n) is 3.34. The van der Waals surface area contributed by atoms with Crippen LogP contribution in [-0.2, 0) is 6.42 Å². The first kappa shape index (κ1) is 16.4. The van der Waals surface area contributed by atoms with Crippen molar-refractivity contribution in [2.24, 2.45) is 0 Å². The number of nitrogens with zero attached hydrogens (tertiary/aromatic N) is 1. The Morgan fingerprint density at radius 2 is 2.12 bits per heavy atom. The summed E-state index contributed by atoms with van der Waals surface area (Å²) in [4.78, 5) is 5.80. The monoisotopic (exact) mass is 379 g/mol. The number of fused-ring (bicyclic) bond motifs is 1. The van der Waals surface area contributed by atoms with E-state index in [4.69, 9.17) is 23.2 Å². The summed E-state index contributed by atoms with van der Waals surface area (Å²) < 4.78 is 1.59. The van der Waals surface area contributed by atoms with Gasteiger partial charge in [0.25, 0.3) is 0 Å². The Morgan fingerprint density at radius 3 is 2.96 bits per heavy atom. The Labute approximate surface area is 155 Å². The number of rotatable bonds is 4. The molecule has 1 fully saturated rings. The van der Waals surface area contributed by atoms with E-state index in [1.54, 1.807) is 0 Å². The van der Waals surface area contributed by atoms with Gasteiger partial charge in [0, 0.05) is 43.9 Å². The maximum Gasteiger partial charge on any atom is 0.0976 e. The van der Waals surface area contributed by atoms with Crippen LogP contribution in [0.15, 0.2) is 36.5 Å². The molecule has 3 heterocycles. The number of aromatic nitrogens is 1. The first-order valence-corrected chi connectivity index (χ1v) is 9.73. The number of nitrogens with one attached hydrogen (secondary N) is 2. The van der Waals surface area contributed by atoms with E-state index in [-0.39, 0.29) is 0 Å². The highest BCUT2D eigenvalue weighted by atomic mass is 35.5. The molecule has 3 aromatic rings. The summed E-state index contributed by atoms with van der Waals surface area (Å²) in [6, 6.07) is 11.1. The van der Waals surface area contributed by atoms with Gasteiger partial charge in [-0.15, -0.1) is 11.3 Å². The lowest BCUT2D eigenvalue weighted by Crippen LogP contribution is -2.46. The zero-order valence-corrected chi connectivity index (χ0v) is 15.5. The Morgan fingerprint density at radius 1 is 1.21 bits per heavy atom. The lowest BCUT2D eigenvalue weighted by Gasteiger charge is -2.34. The third kappa shape index (κ3) is 3.48. The third-order valence-electron chi connectivity index (χ3n) is 4.67. The van der Waals surface area contributed by atoms with E-state index < -0.39 is 0 Å². The summed E-state index contributed by atoms with van der Waals surface area (Å²) in [5.74, 6) is 0. The number of H-pyrrole nitrogens is 1. The van der Waals surface area contributed by atoms with Crippen LogP contribution in [0.2, 0.25) is 8.67 Å². The third-order valence-corrected chi connectivity index (χ3v) is 6.23. The number of halogens is 2. The van der Waals surface area contributed by atoms with E-state index in [1.165, 1.54) is 27.8 Å². The second-order valence-electron chi connectivity index (χ2n) is 6.23. The first-order valence-electron chi connectivity index (χ1n) is 8.15. The minimum atomic E-state index is 0.369. The number of piperazine rings is 1. The largest absolute Gasteiger partial charge is 0.361 e. The molecule has 0 amide bonds. The van der Waals surface area contributed by atoms with Crippen LogP contribution >= 0.6 is 34.5 Å². The summed E-state index contributed by atoms with van der Waals surface area (Å²) in [5, 5.41) is 4.89. The van der Waals surface area contributed by atoms with E-state index in [2.05, 4.69) is 39.5 Å². The average Bonchev–Trinajstić information content (AvgIpc) is 3.18. The van der Waals surface area contributed by atoms with Crippen LogP contribution in [0.5, 0.6) is 0 Å². The van der Waals surface area contributed by atoms with Gasteiger partial charge in [0.2, 0.25) is 0 Å². The Kier molecular flexibility index (Phi) is 4.83. The van der Waals surface area contributed by atoms with Crippen molar-refractivity contribution in [2.45, 2.75) is 12.5 Å². The molecule has 1 aliphatic rings. The van der Waals surface area contributed by atoms with Gasteiger partial charge in [-0.25, -0.2) is 0 Å². The standard InChI is InChI=1S/C18H19Cl2N3S/c19-17-10-14(18(20)24-17)4-7-23-8-6-22-16(11-23)13-2-1-12-3-5-21-15(12)9-13/h1-3,5,9-10,16,21-22H,4,6-8,11H2. The molecule has 1 aromatic carbocycles. The second-order valence-corrected chi connectivity index (χ2v) is 8.52. The van der Waals surface area contributed by atoms with E-state index in [0.29, 0.717) is 6.04 Å². The van der Waals surface area contributed by atoms with Crippen LogP contribution in [0.3, 0.4) is 0 Å². The van der Waals surface area contributed by atoms with Crippen molar-refractivity contribution in [2.75, 3.05) is 26.2 Å². The SMILES string of the molecule is Clc1cc(CCN2CCNC(c3ccc4cc[nH]c4c3)C2)c(Cl)s1. The Balaban J connectivity index is 1.42. The molecule has 1 saturated heterocycles. The van der Waals surface area contributed by atoms with E-state index in [1.807, 2.05) is 12.3 Å². The lowest BCUT2D eigenvalue weighted by atomic mass is 10.0. The number of hydrogen-bond donors (Lipinski definition) is 2. The molecule has 1 unspecified atom stereocenters. The molecular weight excluding hydrogens is 361 g/mol. The van der Waals surface area contributed by atoms with Gasteiger partial charge < -0.3 is 10.3 Å². The molecule has 1 aliphatic heterocycles. The zero-order chi connectivity index (χ0) is 16.5. The van der Waals surface area contributed by atoms with E-state index in [0.717, 1.165) is 46.8 Å². The lowest BCUT2D eigenvalue weighted by molar-refractivity contribution is 0.203. The first-order chi connectivity index (χ1) is 11.7. The van der Waals surface area contributed by atoms with Crippen molar-refractivity contribution in [3.05, 3.63) is 56.3 Å². The van der Waals surface area contributed by atoms with Gasteiger partial charge in [0.15, 0.2) is 0 Å². The summed E-state index contributed by atoms with van der Waals surface area (Å²) in [6.07, 6.45) is 2.94. The van der Waals surface area contributed by atoms with E-state index >= 15 is 0 Å². The number of aromatic amines is 1. The average molecular weight is 380 g/mol. The summed E-state index contributed by atoms with van der Waals surface area (Å²) in [5.41, 5.74) is 3.70. The van der Waals surface area contributed by atoms with E-state index in [9.17, 15) is 0 Å². The van der Waals surface area contributed by atoms with Crippen molar-refractivity contribution >= 4 is 45.4 Å². The summed E-state index contributed by atoms with van der Waals surface area (Å²) >= 11 is 13.7. The maximum absolute atomic E-state index is 6.23. The van der Waals surface area contributed by atoms with Gasteiger partial charge >= 0.3 is 0 Å². The summed E-state index contributed by atoms with van der Waals surface area (Å²) in [6.45, 7) is 4.10. The predicted octanol–water partition coefficient (Wildman–Crippen LogP) is 4.73. The molecule has 6 heteroatoms. The van der Waals surface area contributed by atoms with Crippen molar-refractivity contribution in [1.29, 1.82) is 0 Å². The fraction of sp³-hybridized carbons (Fsp3) is 0.333. The Bertz CT molecular complexity index is 842. The molecule has 3 nitrogen and oxygen atoms in total. The highest BCUT2D eigenvalue weighted by molar-refractivity contribution is 7.20. The van der Waals surface area contributed by atoms with Crippen LogP contribution < -0.4 is 5.32 Å². The fourth-order valence-corrected chi connectivity index (χ4v) is 4.89. The van der Waals surface area contributed by atoms with Crippen molar-refractivity contribution in [3.8, 4) is 0 Å². The maximum atomic E-state index is 6.23. The normalized spacial score (nSPS) is 19.2. The molecule has 126 valence electrons. The molecule has 0 spiro atoms. The minimum Gasteiger partial charge on any atom is -0.361 e. The quantitative estimate of drug-likeness (QED) is 0.686. The van der Waals surface area contributed by atoms with Gasteiger partial charge in [-0.2, -0.15) is 0 Å². The van der Waals surface area contributed by atoms with Crippen LogP contribution in [0, 0.1) is 0 Å². The molecule has 0 aliphatic carbocycles. The Hall–Kier alpha value is -1.04. The molecule has 2 N–H and O–H groups in total. The molecule has 0 radical (unpaired) electrons. The van der Waals surface area contributed by atoms with Crippen molar-refractivity contribution in [3.63, 3.8) is 0 Å². The molecule has 4 rings (SSSR count). The molecule has 0 saturated carbocycles. The second kappa shape index (κ2) is 7.06. The zero-order valence-electron chi connectivity index (χ0n) is 13.2. The molecule has 2 aromatic heterocycles. The van der Waals surface area contributed by atoms with Crippen LogP contribution in [0.4, 0.5) is 0 Å². The molecule has 1 atom stereocenters. The topological polar surface area (TPSA) is 31.1 Å². The molecule has 0 bridgehead atoms. The van der Waals surface area contributed by atoms with Gasteiger partial charge in [0.05, 0.1) is 8.67 Å². The van der Waals surface area contributed by atoms with Gasteiger partial charge in [0.1, 0.15) is 0 Å². The molecule has 24 heavy (non-hydrogen) atoms. The van der Waals surface area contributed by atoms with Crippen LogP contribution in [0.1, 0.15) is 17.2 Å². The predicted molar refractivity (Wildman–Crippen MR) is 104 cm³/mol. The molecular formula is C18H19Cl2N3S. The highest BCUT2D eigenvalue weighted by Gasteiger charge is 2.21. The van der Waals surface area contributed by atoms with Crippen molar-refractivity contribution in [1.82, 2.24) is 15.2 Å². The van der Waals surface area contributed by atoms with Crippen molar-refractivity contribution < 1.29 is 0 Å².